The number of carboxylic acids is 1. The Morgan fingerprint density at radius 1 is 1.38 bits per heavy atom. The van der Waals surface area contributed by atoms with Crippen molar-refractivity contribution in [3.05, 3.63) is 5.92 Å². The van der Waals surface area contributed by atoms with Crippen LogP contribution in [0.4, 0.5) is 0 Å². The van der Waals surface area contributed by atoms with Crippen LogP contribution in [0.1, 0.15) is 35.1 Å². The van der Waals surface area contributed by atoms with Gasteiger partial charge < -0.3 is 5.11 Å². The van der Waals surface area contributed by atoms with E-state index in [-0.39, 0.29) is 35.3 Å². The van der Waals surface area contributed by atoms with E-state index in [2.05, 4.69) is 37.2 Å². The van der Waals surface area contributed by atoms with Gasteiger partial charge in [-0.2, -0.15) is 13.3 Å². The first-order valence-electron chi connectivity index (χ1n) is 2.38. The molecule has 0 saturated heterocycles. The van der Waals surface area contributed by atoms with Crippen LogP contribution < -0.4 is 0 Å². The van der Waals surface area contributed by atoms with Gasteiger partial charge in [0.25, 0.3) is 0 Å². The molecule has 0 aromatic heterocycles. The molecule has 0 aromatic rings. The van der Waals surface area contributed by atoms with E-state index in [4.69, 9.17) is 5.11 Å². The number of rotatable bonds is 2. The zero-order chi connectivity index (χ0) is 7.86. The van der Waals surface area contributed by atoms with E-state index in [0.29, 0.717) is 12.3 Å². The van der Waals surface area contributed by atoms with Crippen LogP contribution in [-0.2, 0) is 25.2 Å². The molecule has 0 fully saturated rings. The minimum Gasteiger partial charge on any atom is -0.503 e. The van der Waals surface area contributed by atoms with E-state index in [1.807, 2.05) is 6.92 Å². The van der Waals surface area contributed by atoms with Gasteiger partial charge in [-0.1, -0.05) is 21.8 Å². The summed E-state index contributed by atoms with van der Waals surface area (Å²) in [6.45, 7) is 3.44. The number of halogens is 2. The van der Waals surface area contributed by atoms with Crippen LogP contribution in [-0.4, -0.2) is 11.1 Å². The molecule has 0 saturated carbocycles. The van der Waals surface area contributed by atoms with Crippen LogP contribution in [0.5, 0.6) is 0 Å². The summed E-state index contributed by atoms with van der Waals surface area (Å²) in [5.41, 5.74) is 0. The van der Waals surface area contributed by atoms with Crippen molar-refractivity contribution in [1.29, 1.82) is 0 Å². The smallest absolute Gasteiger partial charge is 0.166 e. The average Bonchev–Trinajstić information content (AvgIpc) is 1.91. The van der Waals surface area contributed by atoms with Crippen LogP contribution in [0.15, 0.2) is 0 Å². The maximum absolute atomic E-state index is 9.89. The van der Waals surface area contributed by atoms with Gasteiger partial charge in [-0.25, -0.2) is 0 Å². The minimum absolute atomic E-state index is 0. The molecule has 0 aliphatic carbocycles. The molecule has 2 nitrogen and oxygen atoms in total. The molecule has 13 heavy (non-hydrogen) atoms. The molecule has 1 radical (unpaired) electrons. The number of hydrogen-bond donors (Lipinski definition) is 1. The molecular formula is C7H17I2O2ReRf-. The van der Waals surface area contributed by atoms with Gasteiger partial charge >= 0.3 is 0 Å². The van der Waals surface area contributed by atoms with Crippen molar-refractivity contribution >= 4 is 43.2 Å². The van der Waals surface area contributed by atoms with E-state index in [1.165, 1.54) is 0 Å². The van der Waals surface area contributed by atoms with Crippen LogP contribution >= 0.6 is 37.2 Å². The Morgan fingerprint density at radius 2 is 1.62 bits per heavy atom. The number of aliphatic carboxylic acids is 1. The maximum Gasteiger partial charge on any atom is 0.166 e. The number of hydrogen-bond acceptors (Lipinski definition) is 1. The molecule has 0 heterocycles. The first-order valence-corrected chi connectivity index (χ1v) is 8.67. The molecular weight excluding hydrogens is 823 g/mol. The predicted molar refractivity (Wildman–Crippen MR) is 68.3 cm³/mol. The summed E-state index contributed by atoms with van der Waals surface area (Å²) >= 11 is 4.24. The molecule has 0 atom stereocenters. The van der Waals surface area contributed by atoms with Crippen molar-refractivity contribution in [2.75, 3.05) is 0 Å². The second kappa shape index (κ2) is 29.4. The van der Waals surface area contributed by atoms with Crippen LogP contribution in [0.3, 0.4) is 0 Å². The van der Waals surface area contributed by atoms with Crippen molar-refractivity contribution in [3.63, 3.8) is 0 Å². The van der Waals surface area contributed by atoms with E-state index >= 15 is 0 Å². The third-order valence-electron chi connectivity index (χ3n) is 0.895. The molecule has 0 amide bonds. The Morgan fingerprint density at radius 3 is 1.62 bits per heavy atom. The van der Waals surface area contributed by atoms with E-state index in [0.717, 1.165) is 0 Å². The monoisotopic (exact) mass is 841 g/mol. The van der Waals surface area contributed by atoms with Crippen LogP contribution in [0.25, 0.3) is 0 Å². The van der Waals surface area contributed by atoms with E-state index in [1.54, 1.807) is 6.92 Å². The van der Waals surface area contributed by atoms with Gasteiger partial charge in [-0.15, -0.1) is 0 Å². The van der Waals surface area contributed by atoms with Crippen molar-refractivity contribution in [3.8, 4) is 0 Å². The van der Waals surface area contributed by atoms with E-state index < -0.39 is 5.97 Å². The van der Waals surface area contributed by atoms with Gasteiger partial charge in [0, 0.05) is 57.7 Å². The van der Waals surface area contributed by atoms with Crippen LogP contribution in [0.2, 0.25) is 0 Å². The molecule has 0 aliphatic rings. The first kappa shape index (κ1) is 37.5. The zero-order valence-corrected chi connectivity index (χ0v) is 19.8. The fourth-order valence-electron chi connectivity index (χ4n) is 0.151. The third-order valence-corrected chi connectivity index (χ3v) is 0.895. The molecule has 0 aromatic carbocycles. The van der Waals surface area contributed by atoms with Crippen molar-refractivity contribution < 1.29 is 30.3 Å². The molecule has 0 unspecified atom stereocenters. The van der Waals surface area contributed by atoms with Gasteiger partial charge in [0.05, 0.1) is 0 Å². The summed E-state index contributed by atoms with van der Waals surface area (Å²) in [6.07, 6.45) is 0.634. The second-order valence-electron chi connectivity index (χ2n) is 1.44. The van der Waals surface area contributed by atoms with Gasteiger partial charge in [-0.3, -0.25) is 10.7 Å². The Bertz CT molecular complexity index is 86.9. The number of carboxylic acid groups (broad SMARTS) is 1. The van der Waals surface area contributed by atoms with Gasteiger partial charge in [0.15, 0.2) is 5.97 Å². The summed E-state index contributed by atoms with van der Waals surface area (Å²) in [7, 11) is 0. The molecule has 0 spiro atoms. The third kappa shape index (κ3) is 32.7. The number of carbonyl (C=O) groups is 1. The second-order valence-corrected chi connectivity index (χ2v) is 1.44. The summed E-state index contributed by atoms with van der Waals surface area (Å²) in [4.78, 5) is 9.89. The topological polar surface area (TPSA) is 37.3 Å². The Labute approximate surface area is 113 Å². The molecule has 0 aliphatic heterocycles. The molecule has 1 N–H and O–H groups in total. The largest absolute Gasteiger partial charge is 0.503 e. The van der Waals surface area contributed by atoms with Gasteiger partial charge in [0.1, 0.15) is 0 Å². The standard InChI is InChI=1S/C5H9O2.2CH4.I2.Re.Rf/c1-3-4(2)5(6)7;;;1-2;;/h3H2,1-2H3,(H,6,7);2*1H4;;;/q-1;;;;;. The normalized spacial score (nSPS) is 4.92. The average molecular weight is 840 g/mol. The molecule has 0 bridgehead atoms. The SMILES string of the molecule is C.C.CC[C-](C)C(=O)O.II.[Re].[Rf]. The van der Waals surface area contributed by atoms with Crippen LogP contribution in [0, 0.1) is 5.92 Å². The summed E-state index contributed by atoms with van der Waals surface area (Å²) in [5, 5.41) is 8.14. The van der Waals surface area contributed by atoms with Crippen molar-refractivity contribution in [2.45, 2.75) is 35.1 Å². The minimum atomic E-state index is -0.789. The summed E-state index contributed by atoms with van der Waals surface area (Å²) in [6, 6.07) is 0. The van der Waals surface area contributed by atoms with E-state index in [9.17, 15) is 4.79 Å². The zero-order valence-electron chi connectivity index (χ0n) is 6.40. The predicted octanol–water partition coefficient (Wildman–Crippen LogP) is 4.12. The Kier molecular flexibility index (Phi) is 84.9. The summed E-state index contributed by atoms with van der Waals surface area (Å²) < 4.78 is 0. The summed E-state index contributed by atoms with van der Waals surface area (Å²) in [5.74, 6) is -0.275. The van der Waals surface area contributed by atoms with Gasteiger partial charge in [0.2, 0.25) is 0 Å². The maximum atomic E-state index is 9.89. The first-order chi connectivity index (χ1) is 4.18. The quantitative estimate of drug-likeness (QED) is 0.336. The fraction of sp³-hybridized carbons (Fsp3) is 0.714. The molecule has 0 rings (SSSR count). The Balaban J connectivity index is -0.0000000191. The fourth-order valence-corrected chi connectivity index (χ4v) is 0.151. The Hall–Kier alpha value is 0.462. The van der Waals surface area contributed by atoms with Crippen molar-refractivity contribution in [2.24, 2.45) is 0 Å². The molecule has 6 heteroatoms. The van der Waals surface area contributed by atoms with Gasteiger partial charge in [-0.05, 0) is 0 Å². The van der Waals surface area contributed by atoms with Crippen molar-refractivity contribution in [1.82, 2.24) is 0 Å². The molecule has 81 valence electrons.